The van der Waals surface area contributed by atoms with Gasteiger partial charge >= 0.3 is 11.9 Å². The number of amides is 1. The van der Waals surface area contributed by atoms with Crippen molar-refractivity contribution in [1.29, 1.82) is 0 Å². The minimum Gasteiger partial charge on any atom is -0.419 e. The van der Waals surface area contributed by atoms with Crippen molar-refractivity contribution in [1.82, 2.24) is 5.32 Å². The molecule has 28 heavy (non-hydrogen) atoms. The summed E-state index contributed by atoms with van der Waals surface area (Å²) >= 11 is 0. The monoisotopic (exact) mass is 380 g/mol. The summed E-state index contributed by atoms with van der Waals surface area (Å²) in [5.74, 6) is -2.99. The van der Waals surface area contributed by atoms with E-state index in [1.54, 1.807) is 24.3 Å². The Morgan fingerprint density at radius 1 is 0.964 bits per heavy atom. The van der Waals surface area contributed by atoms with E-state index in [1.807, 2.05) is 30.3 Å². The number of carbonyl (C=O) groups is 3. The van der Waals surface area contributed by atoms with Gasteiger partial charge in [0.15, 0.2) is 5.57 Å². The van der Waals surface area contributed by atoms with Crippen LogP contribution in [0.25, 0.3) is 0 Å². The van der Waals surface area contributed by atoms with E-state index in [-0.39, 0.29) is 11.5 Å². The minimum atomic E-state index is -1.28. The van der Waals surface area contributed by atoms with Gasteiger partial charge in [-0.15, -0.1) is 0 Å². The topological polar surface area (TPSA) is 93.7 Å². The van der Waals surface area contributed by atoms with Crippen molar-refractivity contribution >= 4 is 23.5 Å². The molecule has 2 aromatic carbocycles. The quantitative estimate of drug-likeness (QED) is 0.471. The lowest BCUT2D eigenvalue weighted by atomic mass is 10.1. The molecule has 7 heteroatoms. The molecule has 1 saturated heterocycles. The van der Waals surface area contributed by atoms with Crippen LogP contribution < -0.4 is 10.6 Å². The maximum atomic E-state index is 12.2. The summed E-state index contributed by atoms with van der Waals surface area (Å²) in [6.07, 6.45) is 1.23. The van der Waals surface area contributed by atoms with Gasteiger partial charge in [-0.2, -0.15) is 0 Å². The Hall–Kier alpha value is -3.61. The number of esters is 2. The summed E-state index contributed by atoms with van der Waals surface area (Å²) in [7, 11) is 0. The summed E-state index contributed by atoms with van der Waals surface area (Å²) in [4.78, 5) is 36.0. The predicted molar refractivity (Wildman–Crippen MR) is 102 cm³/mol. The van der Waals surface area contributed by atoms with E-state index >= 15 is 0 Å². The molecule has 3 rings (SSSR count). The molecule has 1 aliphatic heterocycles. The number of benzene rings is 2. The number of anilines is 1. The largest absolute Gasteiger partial charge is 0.419 e. The first kappa shape index (κ1) is 19.2. The first-order valence-corrected chi connectivity index (χ1v) is 8.70. The SMILES string of the molecule is CC1(C)OC(=O)C(=CNc2ccc(C(=O)NCc3ccccc3)cc2)C(=O)O1. The third kappa shape index (κ3) is 4.76. The van der Waals surface area contributed by atoms with Crippen molar-refractivity contribution in [2.45, 2.75) is 26.2 Å². The van der Waals surface area contributed by atoms with Gasteiger partial charge in [0.05, 0.1) is 0 Å². The molecule has 1 amide bonds. The van der Waals surface area contributed by atoms with Crippen molar-refractivity contribution in [3.63, 3.8) is 0 Å². The molecule has 0 saturated carbocycles. The van der Waals surface area contributed by atoms with E-state index < -0.39 is 17.7 Å². The van der Waals surface area contributed by atoms with E-state index in [4.69, 9.17) is 9.47 Å². The highest BCUT2D eigenvalue weighted by Crippen LogP contribution is 2.22. The molecule has 7 nitrogen and oxygen atoms in total. The van der Waals surface area contributed by atoms with Crippen LogP contribution >= 0.6 is 0 Å². The van der Waals surface area contributed by atoms with Crippen molar-refractivity contribution in [2.75, 3.05) is 5.32 Å². The first-order chi connectivity index (χ1) is 13.3. The minimum absolute atomic E-state index is 0.199. The molecule has 0 bridgehead atoms. The Kier molecular flexibility index (Phi) is 5.44. The number of carbonyl (C=O) groups excluding carboxylic acids is 3. The number of rotatable bonds is 5. The van der Waals surface area contributed by atoms with Crippen LogP contribution in [0, 0.1) is 0 Å². The molecule has 0 unspecified atom stereocenters. The van der Waals surface area contributed by atoms with Crippen LogP contribution in [0.3, 0.4) is 0 Å². The summed E-state index contributed by atoms with van der Waals surface area (Å²) in [6.45, 7) is 3.40. The maximum absolute atomic E-state index is 12.2. The fourth-order valence-corrected chi connectivity index (χ4v) is 2.53. The van der Waals surface area contributed by atoms with E-state index in [2.05, 4.69) is 10.6 Å². The average molecular weight is 380 g/mol. The van der Waals surface area contributed by atoms with Crippen LogP contribution in [0.1, 0.15) is 29.8 Å². The number of hydrogen-bond acceptors (Lipinski definition) is 6. The first-order valence-electron chi connectivity index (χ1n) is 8.70. The molecular weight excluding hydrogens is 360 g/mol. The average Bonchev–Trinajstić information content (AvgIpc) is 2.66. The summed E-state index contributed by atoms with van der Waals surface area (Å²) in [5, 5.41) is 5.68. The molecule has 0 aliphatic carbocycles. The van der Waals surface area contributed by atoms with E-state index in [0.717, 1.165) is 5.56 Å². The molecule has 0 atom stereocenters. The van der Waals surface area contributed by atoms with Crippen molar-refractivity contribution < 1.29 is 23.9 Å². The van der Waals surface area contributed by atoms with Crippen LogP contribution in [0.5, 0.6) is 0 Å². The van der Waals surface area contributed by atoms with E-state index in [1.165, 1.54) is 20.0 Å². The number of nitrogens with one attached hydrogen (secondary N) is 2. The standard InChI is InChI=1S/C21H20N2O5/c1-21(2)27-19(25)17(20(26)28-21)13-22-16-10-8-15(9-11-16)18(24)23-12-14-6-4-3-5-7-14/h3-11,13,22H,12H2,1-2H3,(H,23,24). The van der Waals surface area contributed by atoms with Gasteiger partial charge in [0.1, 0.15) is 0 Å². The van der Waals surface area contributed by atoms with Crippen LogP contribution in [0.2, 0.25) is 0 Å². The highest BCUT2D eigenvalue weighted by Gasteiger charge is 2.38. The van der Waals surface area contributed by atoms with Gasteiger partial charge in [0.2, 0.25) is 0 Å². The van der Waals surface area contributed by atoms with Gasteiger partial charge in [-0.3, -0.25) is 4.79 Å². The second-order valence-electron chi connectivity index (χ2n) is 6.63. The molecule has 0 aromatic heterocycles. The third-order valence-electron chi connectivity index (χ3n) is 3.94. The molecule has 1 fully saturated rings. The van der Waals surface area contributed by atoms with Gasteiger partial charge in [-0.05, 0) is 29.8 Å². The van der Waals surface area contributed by atoms with Crippen molar-refractivity contribution in [2.24, 2.45) is 0 Å². The molecule has 1 heterocycles. The van der Waals surface area contributed by atoms with Gasteiger partial charge in [-0.1, -0.05) is 30.3 Å². The lowest BCUT2D eigenvalue weighted by Gasteiger charge is -2.29. The van der Waals surface area contributed by atoms with Crippen LogP contribution in [-0.2, 0) is 25.6 Å². The smallest absolute Gasteiger partial charge is 0.350 e. The third-order valence-corrected chi connectivity index (χ3v) is 3.94. The van der Waals surface area contributed by atoms with Crippen LogP contribution in [0.4, 0.5) is 5.69 Å². The fourth-order valence-electron chi connectivity index (χ4n) is 2.53. The summed E-state index contributed by atoms with van der Waals surface area (Å²) in [5.41, 5.74) is 1.86. The van der Waals surface area contributed by atoms with Crippen LogP contribution in [0.15, 0.2) is 66.4 Å². The predicted octanol–water partition coefficient (Wildman–Crippen LogP) is 2.75. The molecule has 0 spiro atoms. The van der Waals surface area contributed by atoms with Crippen molar-refractivity contribution in [3.05, 3.63) is 77.5 Å². The molecule has 2 aromatic rings. The Bertz CT molecular complexity index is 896. The molecule has 1 aliphatic rings. The molecule has 144 valence electrons. The zero-order valence-electron chi connectivity index (χ0n) is 15.5. The van der Waals surface area contributed by atoms with E-state index in [9.17, 15) is 14.4 Å². The van der Waals surface area contributed by atoms with E-state index in [0.29, 0.717) is 17.8 Å². The second-order valence-corrected chi connectivity index (χ2v) is 6.63. The number of cyclic esters (lactones) is 2. The lowest BCUT2D eigenvalue weighted by Crippen LogP contribution is -2.42. The van der Waals surface area contributed by atoms with Crippen molar-refractivity contribution in [3.8, 4) is 0 Å². The zero-order chi connectivity index (χ0) is 20.1. The van der Waals surface area contributed by atoms with Gasteiger partial charge in [-0.25, -0.2) is 9.59 Å². The van der Waals surface area contributed by atoms with Gasteiger partial charge in [0, 0.05) is 37.8 Å². The lowest BCUT2D eigenvalue weighted by molar-refractivity contribution is -0.222. The zero-order valence-corrected chi connectivity index (χ0v) is 15.5. The number of ether oxygens (including phenoxy) is 2. The highest BCUT2D eigenvalue weighted by atomic mass is 16.7. The molecular formula is C21H20N2O5. The highest BCUT2D eigenvalue weighted by molar-refractivity contribution is 6.15. The fraction of sp³-hybridized carbons (Fsp3) is 0.190. The molecule has 2 N–H and O–H groups in total. The Labute approximate surface area is 162 Å². The normalized spacial score (nSPS) is 15.3. The van der Waals surface area contributed by atoms with Gasteiger partial charge in [0.25, 0.3) is 11.7 Å². The Balaban J connectivity index is 1.59. The Morgan fingerprint density at radius 2 is 1.57 bits per heavy atom. The molecule has 0 radical (unpaired) electrons. The summed E-state index contributed by atoms with van der Waals surface area (Å²) in [6, 6.07) is 16.2. The number of hydrogen-bond donors (Lipinski definition) is 2. The van der Waals surface area contributed by atoms with Gasteiger partial charge < -0.3 is 20.1 Å². The Morgan fingerprint density at radius 3 is 2.18 bits per heavy atom. The van der Waals surface area contributed by atoms with Crippen LogP contribution in [-0.4, -0.2) is 23.6 Å². The maximum Gasteiger partial charge on any atom is 0.350 e. The summed E-state index contributed by atoms with van der Waals surface area (Å²) < 4.78 is 10.0. The second kappa shape index (κ2) is 7.96.